The number of nitrogens with zero attached hydrogens (tertiary/aromatic N) is 1. The highest BCUT2D eigenvalue weighted by Crippen LogP contribution is 2.34. The molecule has 7 nitrogen and oxygen atoms in total. The molecule has 0 saturated carbocycles. The van der Waals surface area contributed by atoms with Crippen molar-refractivity contribution in [1.82, 2.24) is 0 Å². The van der Waals surface area contributed by atoms with Crippen LogP contribution < -0.4 is 19.5 Å². The third-order valence-corrected chi connectivity index (χ3v) is 6.78. The highest BCUT2D eigenvalue weighted by molar-refractivity contribution is 7.92. The van der Waals surface area contributed by atoms with E-state index >= 15 is 0 Å². The molecule has 0 aromatic heterocycles. The molecule has 0 aliphatic rings. The van der Waals surface area contributed by atoms with Gasteiger partial charge in [0.25, 0.3) is 10.0 Å². The molecule has 9 heteroatoms. The molecule has 3 rings (SSSR count). The molecule has 3 aromatic carbocycles. The zero-order valence-corrected chi connectivity index (χ0v) is 19.2. The molecule has 0 aliphatic heterocycles. The Morgan fingerprint density at radius 3 is 2.28 bits per heavy atom. The second-order valence-corrected chi connectivity index (χ2v) is 9.23. The highest BCUT2D eigenvalue weighted by atomic mass is 35.5. The topological polar surface area (TPSA) is 98.9 Å². The van der Waals surface area contributed by atoms with Gasteiger partial charge in [-0.3, -0.25) is 9.10 Å². The van der Waals surface area contributed by atoms with Crippen LogP contribution in [0.5, 0.6) is 11.5 Å². The lowest BCUT2D eigenvalue weighted by atomic mass is 10.0. The summed E-state index contributed by atoms with van der Waals surface area (Å²) in [5.41, 5.74) is 7.33. The number of amides is 1. The lowest BCUT2D eigenvalue weighted by Gasteiger charge is -2.26. The maximum absolute atomic E-state index is 13.6. The number of carbonyl (C=O) groups is 1. The van der Waals surface area contributed by atoms with Gasteiger partial charge in [0.2, 0.25) is 5.91 Å². The fourth-order valence-corrected chi connectivity index (χ4v) is 4.98. The first kappa shape index (κ1) is 23.4. The van der Waals surface area contributed by atoms with Crippen molar-refractivity contribution < 1.29 is 22.7 Å². The molecule has 0 aliphatic carbocycles. The van der Waals surface area contributed by atoms with E-state index in [0.717, 1.165) is 9.87 Å². The van der Waals surface area contributed by atoms with E-state index in [1.807, 2.05) is 30.3 Å². The number of anilines is 1. The number of nitrogens with two attached hydrogens (primary N) is 1. The van der Waals surface area contributed by atoms with E-state index in [1.165, 1.54) is 32.4 Å². The molecule has 0 heterocycles. The maximum atomic E-state index is 13.6. The molecule has 0 spiro atoms. The van der Waals surface area contributed by atoms with Crippen molar-refractivity contribution in [2.24, 2.45) is 5.73 Å². The predicted octanol–water partition coefficient (Wildman–Crippen LogP) is 3.63. The van der Waals surface area contributed by atoms with Crippen LogP contribution in [0.1, 0.15) is 11.1 Å². The van der Waals surface area contributed by atoms with Crippen LogP contribution in [0.2, 0.25) is 5.02 Å². The van der Waals surface area contributed by atoms with Gasteiger partial charge in [-0.05, 0) is 47.9 Å². The molecular weight excluding hydrogens is 452 g/mol. The second-order valence-electron chi connectivity index (χ2n) is 6.93. The average molecular weight is 475 g/mol. The van der Waals surface area contributed by atoms with E-state index in [1.54, 1.807) is 18.2 Å². The number of primary amides is 1. The van der Waals surface area contributed by atoms with Crippen molar-refractivity contribution in [3.63, 3.8) is 0 Å². The van der Waals surface area contributed by atoms with Crippen LogP contribution in [-0.4, -0.2) is 35.1 Å². The van der Waals surface area contributed by atoms with Gasteiger partial charge in [-0.1, -0.05) is 41.9 Å². The number of ether oxygens (including phenoxy) is 2. The van der Waals surface area contributed by atoms with Crippen molar-refractivity contribution in [2.45, 2.75) is 11.3 Å². The van der Waals surface area contributed by atoms with Gasteiger partial charge in [0, 0.05) is 11.1 Å². The quantitative estimate of drug-likeness (QED) is 0.510. The number of halogens is 1. The Morgan fingerprint density at radius 1 is 0.969 bits per heavy atom. The van der Waals surface area contributed by atoms with Gasteiger partial charge in [0.15, 0.2) is 11.5 Å². The molecule has 0 unspecified atom stereocenters. The fraction of sp³-hybridized carbons (Fsp3) is 0.174. The van der Waals surface area contributed by atoms with E-state index in [2.05, 4.69) is 0 Å². The van der Waals surface area contributed by atoms with E-state index in [-0.39, 0.29) is 10.6 Å². The van der Waals surface area contributed by atoms with Crippen LogP contribution in [0.3, 0.4) is 0 Å². The summed E-state index contributed by atoms with van der Waals surface area (Å²) in [5, 5.41) is 0.447. The lowest BCUT2D eigenvalue weighted by Crippen LogP contribution is -2.39. The minimum absolute atomic E-state index is 0.0722. The molecule has 2 N–H and O–H groups in total. The van der Waals surface area contributed by atoms with Crippen molar-refractivity contribution in [2.75, 3.05) is 25.1 Å². The molecule has 1 amide bonds. The zero-order valence-electron chi connectivity index (χ0n) is 17.6. The zero-order chi connectivity index (χ0) is 23.3. The van der Waals surface area contributed by atoms with Gasteiger partial charge in [0.05, 0.1) is 24.8 Å². The van der Waals surface area contributed by atoms with Crippen LogP contribution in [0, 0.1) is 0 Å². The highest BCUT2D eigenvalue weighted by Gasteiger charge is 2.29. The summed E-state index contributed by atoms with van der Waals surface area (Å²) in [6.07, 6.45) is 0.410. The summed E-state index contributed by atoms with van der Waals surface area (Å²) in [6.45, 7) is -0.542. The lowest BCUT2D eigenvalue weighted by molar-refractivity contribution is -0.116. The van der Waals surface area contributed by atoms with Gasteiger partial charge < -0.3 is 15.2 Å². The number of benzene rings is 3. The first-order chi connectivity index (χ1) is 15.3. The van der Waals surface area contributed by atoms with Gasteiger partial charge in [0.1, 0.15) is 6.54 Å². The van der Waals surface area contributed by atoms with Crippen LogP contribution in [0.25, 0.3) is 0 Å². The van der Waals surface area contributed by atoms with E-state index < -0.39 is 22.5 Å². The summed E-state index contributed by atoms with van der Waals surface area (Å²) >= 11 is 6.21. The van der Waals surface area contributed by atoms with Crippen LogP contribution in [0.4, 0.5) is 5.69 Å². The van der Waals surface area contributed by atoms with Gasteiger partial charge in [-0.15, -0.1) is 0 Å². The Labute approximate surface area is 192 Å². The SMILES string of the molecule is COc1ccc(S(=O)(=O)N(CC(N)=O)c2ccc(Cl)cc2Cc2ccccc2)cc1OC. The van der Waals surface area contributed by atoms with Gasteiger partial charge >= 0.3 is 0 Å². The van der Waals surface area contributed by atoms with Crippen molar-refractivity contribution in [3.8, 4) is 11.5 Å². The average Bonchev–Trinajstić information content (AvgIpc) is 2.78. The molecule has 0 bridgehead atoms. The largest absolute Gasteiger partial charge is 0.493 e. The summed E-state index contributed by atoms with van der Waals surface area (Å²) in [6, 6.07) is 18.6. The van der Waals surface area contributed by atoms with E-state index in [4.69, 9.17) is 26.8 Å². The smallest absolute Gasteiger partial charge is 0.264 e. The Bertz CT molecular complexity index is 1220. The third-order valence-electron chi connectivity index (χ3n) is 4.79. The number of rotatable bonds is 9. The first-order valence-electron chi connectivity index (χ1n) is 9.61. The Morgan fingerprint density at radius 2 is 1.66 bits per heavy atom. The number of methoxy groups -OCH3 is 2. The van der Waals surface area contributed by atoms with E-state index in [9.17, 15) is 13.2 Å². The predicted molar refractivity (Wildman–Crippen MR) is 124 cm³/mol. The van der Waals surface area contributed by atoms with Crippen LogP contribution in [0.15, 0.2) is 71.6 Å². The molecule has 0 atom stereocenters. The monoisotopic (exact) mass is 474 g/mol. The molecular formula is C23H23ClN2O5S. The normalized spacial score (nSPS) is 11.1. The summed E-state index contributed by atoms with van der Waals surface area (Å²) in [5.74, 6) is -0.174. The first-order valence-corrected chi connectivity index (χ1v) is 11.4. The van der Waals surface area contributed by atoms with Gasteiger partial charge in [-0.2, -0.15) is 0 Å². The molecule has 168 valence electrons. The standard InChI is InChI=1S/C23H23ClN2O5S/c1-30-21-11-9-19(14-22(21)31-2)32(28,29)26(15-23(25)27)20-10-8-18(24)13-17(20)12-16-6-4-3-5-7-16/h3-11,13-14H,12,15H2,1-2H3,(H2,25,27). The number of hydrogen-bond donors (Lipinski definition) is 1. The summed E-state index contributed by atoms with van der Waals surface area (Å²) in [4.78, 5) is 11.8. The summed E-state index contributed by atoms with van der Waals surface area (Å²) in [7, 11) is -1.32. The Kier molecular flexibility index (Phi) is 7.27. The van der Waals surface area contributed by atoms with Crippen molar-refractivity contribution in [1.29, 1.82) is 0 Å². The number of hydrogen-bond acceptors (Lipinski definition) is 5. The fourth-order valence-electron chi connectivity index (χ4n) is 3.30. The van der Waals surface area contributed by atoms with E-state index in [0.29, 0.717) is 28.4 Å². The molecule has 0 radical (unpaired) electrons. The Balaban J connectivity index is 2.14. The summed E-state index contributed by atoms with van der Waals surface area (Å²) < 4.78 is 38.7. The number of carbonyl (C=O) groups excluding carboxylic acids is 1. The molecule has 3 aromatic rings. The maximum Gasteiger partial charge on any atom is 0.264 e. The minimum Gasteiger partial charge on any atom is -0.493 e. The van der Waals surface area contributed by atoms with Crippen molar-refractivity contribution >= 4 is 33.2 Å². The minimum atomic E-state index is -4.18. The Hall–Kier alpha value is -3.23. The van der Waals surface area contributed by atoms with Gasteiger partial charge in [-0.25, -0.2) is 8.42 Å². The number of sulfonamides is 1. The molecule has 0 saturated heterocycles. The third kappa shape index (κ3) is 5.15. The van der Waals surface area contributed by atoms with Crippen molar-refractivity contribution in [3.05, 3.63) is 82.9 Å². The van der Waals surface area contributed by atoms with Crippen LogP contribution >= 0.6 is 11.6 Å². The molecule has 0 fully saturated rings. The molecule has 32 heavy (non-hydrogen) atoms. The van der Waals surface area contributed by atoms with Crippen LogP contribution in [-0.2, 0) is 21.2 Å². The second kappa shape index (κ2) is 9.93.